The minimum Gasteiger partial charge on any atom is -0.469 e. The van der Waals surface area contributed by atoms with Crippen LogP contribution in [0, 0.1) is 6.92 Å². The molecule has 5 nitrogen and oxygen atoms in total. The average Bonchev–Trinajstić information content (AvgIpc) is 3.27. The van der Waals surface area contributed by atoms with Crippen LogP contribution in [0.3, 0.4) is 0 Å². The van der Waals surface area contributed by atoms with Crippen molar-refractivity contribution in [1.82, 2.24) is 15.1 Å². The van der Waals surface area contributed by atoms with E-state index in [1.54, 1.807) is 17.7 Å². The highest BCUT2D eigenvalue weighted by molar-refractivity contribution is 7.17. The molecule has 0 saturated carbocycles. The normalized spacial score (nSPS) is 11.9. The lowest BCUT2D eigenvalue weighted by atomic mass is 9.87. The van der Waals surface area contributed by atoms with Crippen LogP contribution in [0.15, 0.2) is 46.6 Å². The van der Waals surface area contributed by atoms with Crippen molar-refractivity contribution in [2.45, 2.75) is 39.7 Å². The van der Waals surface area contributed by atoms with Gasteiger partial charge in [0.05, 0.1) is 5.39 Å². The molecule has 0 fully saturated rings. The Morgan fingerprint density at radius 1 is 1.11 bits per heavy atom. The molecule has 4 aromatic rings. The highest BCUT2D eigenvalue weighted by Gasteiger charge is 2.22. The summed E-state index contributed by atoms with van der Waals surface area (Å²) in [6.07, 6.45) is 1.54. The summed E-state index contributed by atoms with van der Waals surface area (Å²) < 4.78 is 11.4. The van der Waals surface area contributed by atoms with Crippen molar-refractivity contribution < 1.29 is 9.26 Å². The fraction of sp³-hybridized carbons (Fsp3) is 0.286. The lowest BCUT2D eigenvalue weighted by molar-refractivity contribution is 0.244. The zero-order valence-corrected chi connectivity index (χ0v) is 16.6. The summed E-state index contributed by atoms with van der Waals surface area (Å²) in [6, 6.07) is 10.1. The molecule has 6 heteroatoms. The molecule has 0 amide bonds. The van der Waals surface area contributed by atoms with Crippen molar-refractivity contribution in [3.8, 4) is 17.1 Å². The molecule has 0 unspecified atom stereocenters. The third-order valence-electron chi connectivity index (χ3n) is 4.40. The van der Waals surface area contributed by atoms with E-state index in [9.17, 15) is 0 Å². The minimum absolute atomic E-state index is 0.00802. The quantitative estimate of drug-likeness (QED) is 0.466. The molecule has 27 heavy (non-hydrogen) atoms. The van der Waals surface area contributed by atoms with E-state index < -0.39 is 0 Å². The van der Waals surface area contributed by atoms with Gasteiger partial charge in [-0.3, -0.25) is 0 Å². The largest absolute Gasteiger partial charge is 0.469 e. The number of hydrogen-bond acceptors (Lipinski definition) is 6. The number of rotatable bonds is 4. The fourth-order valence-corrected chi connectivity index (χ4v) is 4.01. The van der Waals surface area contributed by atoms with E-state index in [-0.39, 0.29) is 12.0 Å². The molecule has 0 saturated heterocycles. The van der Waals surface area contributed by atoms with Gasteiger partial charge in [0, 0.05) is 11.6 Å². The molecular weight excluding hydrogens is 358 g/mol. The number of ether oxygens (including phenoxy) is 1. The number of nitrogens with zero attached hydrogens (tertiary/aromatic N) is 3. The number of aromatic nitrogens is 3. The summed E-state index contributed by atoms with van der Waals surface area (Å²) in [5.74, 6) is 1.24. The van der Waals surface area contributed by atoms with E-state index in [1.807, 2.05) is 18.2 Å². The lowest BCUT2D eigenvalue weighted by Crippen LogP contribution is -2.11. The van der Waals surface area contributed by atoms with Crippen LogP contribution >= 0.6 is 11.3 Å². The van der Waals surface area contributed by atoms with Crippen LogP contribution < -0.4 is 4.74 Å². The van der Waals surface area contributed by atoms with Gasteiger partial charge in [-0.25, -0.2) is 9.97 Å². The van der Waals surface area contributed by atoms with Crippen molar-refractivity contribution in [1.29, 1.82) is 0 Å². The molecule has 0 radical (unpaired) electrons. The predicted octanol–water partition coefficient (Wildman–Crippen LogP) is 5.53. The van der Waals surface area contributed by atoms with Gasteiger partial charge < -0.3 is 9.26 Å². The third kappa shape index (κ3) is 3.57. The van der Waals surface area contributed by atoms with Crippen molar-refractivity contribution >= 4 is 21.6 Å². The van der Waals surface area contributed by atoms with Gasteiger partial charge >= 0.3 is 0 Å². The SMILES string of the molecule is Cc1ccc(-c2cc(COc3ncnc4scc(C(C)(C)C)c34)on2)cc1. The Balaban J connectivity index is 1.58. The first-order valence-electron chi connectivity index (χ1n) is 8.80. The lowest BCUT2D eigenvalue weighted by Gasteiger charge is -2.18. The standard InChI is InChI=1S/C21H21N3O2S/c1-13-5-7-14(8-6-13)17-9-15(26-24-17)10-25-19-18-16(21(2,3)4)11-27-20(18)23-12-22-19/h5-9,11-12H,10H2,1-4H3. The smallest absolute Gasteiger partial charge is 0.226 e. The minimum atomic E-state index is -0.00802. The number of aryl methyl sites for hydroxylation is 1. The monoisotopic (exact) mass is 379 g/mol. The van der Waals surface area contributed by atoms with Crippen molar-refractivity contribution in [3.63, 3.8) is 0 Å². The van der Waals surface area contributed by atoms with Gasteiger partial charge in [0.25, 0.3) is 0 Å². The number of hydrogen-bond donors (Lipinski definition) is 0. The van der Waals surface area contributed by atoms with Gasteiger partial charge in [-0.05, 0) is 23.3 Å². The van der Waals surface area contributed by atoms with Crippen LogP contribution in [-0.4, -0.2) is 15.1 Å². The van der Waals surface area contributed by atoms with E-state index in [1.165, 1.54) is 11.1 Å². The Morgan fingerprint density at radius 2 is 1.89 bits per heavy atom. The molecule has 0 atom stereocenters. The Hall–Kier alpha value is -2.73. The third-order valence-corrected chi connectivity index (χ3v) is 5.29. The summed E-state index contributed by atoms with van der Waals surface area (Å²) in [4.78, 5) is 9.66. The first kappa shape index (κ1) is 17.7. The molecule has 1 aromatic carbocycles. The second kappa shape index (κ2) is 6.78. The molecule has 0 aliphatic rings. The molecule has 3 aromatic heterocycles. The van der Waals surface area contributed by atoms with Gasteiger partial charge in [-0.2, -0.15) is 0 Å². The van der Waals surface area contributed by atoms with Gasteiger partial charge in [0.15, 0.2) is 12.4 Å². The maximum atomic E-state index is 5.99. The van der Waals surface area contributed by atoms with Gasteiger partial charge in [-0.1, -0.05) is 55.8 Å². The maximum absolute atomic E-state index is 5.99. The van der Waals surface area contributed by atoms with Crippen molar-refractivity contribution in [2.75, 3.05) is 0 Å². The fourth-order valence-electron chi connectivity index (χ4n) is 2.89. The number of benzene rings is 1. The van der Waals surface area contributed by atoms with E-state index in [4.69, 9.17) is 9.26 Å². The van der Waals surface area contributed by atoms with E-state index >= 15 is 0 Å². The summed E-state index contributed by atoms with van der Waals surface area (Å²) in [5.41, 5.74) is 4.21. The second-order valence-corrected chi connectivity index (χ2v) is 8.45. The highest BCUT2D eigenvalue weighted by Crippen LogP contribution is 2.38. The molecule has 4 rings (SSSR count). The Kier molecular flexibility index (Phi) is 4.44. The van der Waals surface area contributed by atoms with Crippen LogP contribution in [-0.2, 0) is 12.0 Å². The van der Waals surface area contributed by atoms with Crippen LogP contribution in [0.2, 0.25) is 0 Å². The number of thiophene rings is 1. The molecule has 0 aliphatic heterocycles. The summed E-state index contributed by atoms with van der Waals surface area (Å²) in [6.45, 7) is 8.86. The van der Waals surface area contributed by atoms with Crippen LogP contribution in [0.1, 0.15) is 37.7 Å². The van der Waals surface area contributed by atoms with E-state index in [2.05, 4.69) is 60.3 Å². The Labute approximate surface area is 162 Å². The zero-order valence-electron chi connectivity index (χ0n) is 15.8. The molecule has 0 aliphatic carbocycles. The number of fused-ring (bicyclic) bond motifs is 1. The molecule has 0 bridgehead atoms. The van der Waals surface area contributed by atoms with Crippen LogP contribution in [0.4, 0.5) is 0 Å². The highest BCUT2D eigenvalue weighted by atomic mass is 32.1. The van der Waals surface area contributed by atoms with Gasteiger partial charge in [0.1, 0.15) is 16.9 Å². The summed E-state index contributed by atoms with van der Waals surface area (Å²) in [5, 5.41) is 7.27. The second-order valence-electron chi connectivity index (χ2n) is 7.59. The summed E-state index contributed by atoms with van der Waals surface area (Å²) in [7, 11) is 0. The molecule has 138 valence electrons. The Bertz CT molecular complexity index is 1070. The van der Waals surface area contributed by atoms with Gasteiger partial charge in [0.2, 0.25) is 5.88 Å². The van der Waals surface area contributed by atoms with Gasteiger partial charge in [-0.15, -0.1) is 11.3 Å². The molecule has 3 heterocycles. The Morgan fingerprint density at radius 3 is 2.63 bits per heavy atom. The first-order valence-corrected chi connectivity index (χ1v) is 9.68. The topological polar surface area (TPSA) is 61.0 Å². The molecular formula is C21H21N3O2S. The van der Waals surface area contributed by atoms with Crippen LogP contribution in [0.5, 0.6) is 5.88 Å². The predicted molar refractivity (Wildman–Crippen MR) is 107 cm³/mol. The first-order chi connectivity index (χ1) is 12.9. The van der Waals surface area contributed by atoms with Crippen molar-refractivity contribution in [2.24, 2.45) is 0 Å². The van der Waals surface area contributed by atoms with E-state index in [0.717, 1.165) is 21.5 Å². The van der Waals surface area contributed by atoms with E-state index in [0.29, 0.717) is 11.6 Å². The average molecular weight is 379 g/mol. The molecule has 0 spiro atoms. The zero-order chi connectivity index (χ0) is 19.0. The summed E-state index contributed by atoms with van der Waals surface area (Å²) >= 11 is 1.61. The van der Waals surface area contributed by atoms with Crippen molar-refractivity contribution in [3.05, 3.63) is 58.9 Å². The maximum Gasteiger partial charge on any atom is 0.226 e. The van der Waals surface area contributed by atoms with Crippen LogP contribution in [0.25, 0.3) is 21.5 Å². The molecule has 0 N–H and O–H groups in total.